The Hall–Kier alpha value is -3.41. The number of likely N-dealkylation sites (tertiary alicyclic amines) is 1. The molecule has 6 nitrogen and oxygen atoms in total. The predicted octanol–water partition coefficient (Wildman–Crippen LogP) is 2.88. The lowest BCUT2D eigenvalue weighted by Crippen LogP contribution is -2.46. The fourth-order valence-electron chi connectivity index (χ4n) is 3.98. The summed E-state index contributed by atoms with van der Waals surface area (Å²) in [5.74, 6) is -0.0876. The van der Waals surface area contributed by atoms with Crippen molar-refractivity contribution in [3.05, 3.63) is 82.1 Å². The van der Waals surface area contributed by atoms with Crippen LogP contribution in [0.2, 0.25) is 0 Å². The van der Waals surface area contributed by atoms with Crippen LogP contribution >= 0.6 is 0 Å². The van der Waals surface area contributed by atoms with E-state index in [-0.39, 0.29) is 23.4 Å². The standard InChI is InChI=1S/C24H25N3O3/c28-22(11-10-17-6-2-1-3-7-17)25-18-12-14-27(15-13-18)24(30)20-16-23(29)26-21-9-5-4-8-19(20)21/h1-9,16,18H,10-15H2,(H,25,28)(H,26,29). The molecule has 0 unspecified atom stereocenters. The van der Waals surface area contributed by atoms with Gasteiger partial charge < -0.3 is 15.2 Å². The van der Waals surface area contributed by atoms with Crippen molar-refractivity contribution in [1.29, 1.82) is 0 Å². The monoisotopic (exact) mass is 403 g/mol. The van der Waals surface area contributed by atoms with E-state index < -0.39 is 0 Å². The zero-order chi connectivity index (χ0) is 20.9. The first-order valence-electron chi connectivity index (χ1n) is 10.3. The Balaban J connectivity index is 1.33. The first-order chi connectivity index (χ1) is 14.6. The molecule has 2 aromatic carbocycles. The highest BCUT2D eigenvalue weighted by molar-refractivity contribution is 6.06. The van der Waals surface area contributed by atoms with E-state index in [1.54, 1.807) is 11.0 Å². The van der Waals surface area contributed by atoms with Gasteiger partial charge in [-0.3, -0.25) is 14.4 Å². The molecule has 1 aromatic heterocycles. The molecule has 2 N–H and O–H groups in total. The summed E-state index contributed by atoms with van der Waals surface area (Å²) in [7, 11) is 0. The third kappa shape index (κ3) is 4.59. The lowest BCUT2D eigenvalue weighted by atomic mass is 10.0. The zero-order valence-corrected chi connectivity index (χ0v) is 16.8. The number of hydrogen-bond acceptors (Lipinski definition) is 3. The van der Waals surface area contributed by atoms with E-state index in [0.717, 1.165) is 17.4 Å². The molecule has 0 saturated carbocycles. The summed E-state index contributed by atoms with van der Waals surface area (Å²) >= 11 is 0. The number of amides is 2. The van der Waals surface area contributed by atoms with Crippen LogP contribution < -0.4 is 10.9 Å². The summed E-state index contributed by atoms with van der Waals surface area (Å²) in [6, 6.07) is 18.7. The second-order valence-corrected chi connectivity index (χ2v) is 7.71. The van der Waals surface area contributed by atoms with Gasteiger partial charge in [-0.1, -0.05) is 48.5 Å². The van der Waals surface area contributed by atoms with Crippen LogP contribution in [0, 0.1) is 0 Å². The molecule has 1 aliphatic rings. The molecular weight excluding hydrogens is 378 g/mol. The average Bonchev–Trinajstić information content (AvgIpc) is 2.78. The fraction of sp³-hybridized carbons (Fsp3) is 0.292. The number of rotatable bonds is 5. The third-order valence-corrected chi connectivity index (χ3v) is 5.61. The van der Waals surface area contributed by atoms with Crippen molar-refractivity contribution in [3.63, 3.8) is 0 Å². The third-order valence-electron chi connectivity index (χ3n) is 5.61. The Labute approximate surface area is 174 Å². The summed E-state index contributed by atoms with van der Waals surface area (Å²) < 4.78 is 0. The van der Waals surface area contributed by atoms with Gasteiger partial charge in [0.15, 0.2) is 0 Å². The smallest absolute Gasteiger partial charge is 0.254 e. The molecule has 1 fully saturated rings. The fourth-order valence-corrected chi connectivity index (χ4v) is 3.98. The van der Waals surface area contributed by atoms with Crippen LogP contribution in [0.3, 0.4) is 0 Å². The summed E-state index contributed by atoms with van der Waals surface area (Å²) in [5, 5.41) is 3.84. The normalized spacial score (nSPS) is 14.6. The van der Waals surface area contributed by atoms with Crippen LogP contribution in [-0.4, -0.2) is 40.8 Å². The lowest BCUT2D eigenvalue weighted by molar-refractivity contribution is -0.122. The number of benzene rings is 2. The number of para-hydroxylation sites is 1. The van der Waals surface area contributed by atoms with Crippen LogP contribution in [0.25, 0.3) is 10.9 Å². The minimum Gasteiger partial charge on any atom is -0.353 e. The summed E-state index contributed by atoms with van der Waals surface area (Å²) in [5.41, 5.74) is 1.96. The van der Waals surface area contributed by atoms with E-state index in [1.807, 2.05) is 48.5 Å². The van der Waals surface area contributed by atoms with Gasteiger partial charge in [0.05, 0.1) is 5.56 Å². The number of aromatic amines is 1. The van der Waals surface area contributed by atoms with E-state index in [2.05, 4.69) is 10.3 Å². The van der Waals surface area contributed by atoms with Gasteiger partial charge in [0.1, 0.15) is 0 Å². The molecule has 2 amide bonds. The Morgan fingerprint density at radius 3 is 2.47 bits per heavy atom. The maximum Gasteiger partial charge on any atom is 0.254 e. The average molecular weight is 403 g/mol. The second-order valence-electron chi connectivity index (χ2n) is 7.71. The van der Waals surface area contributed by atoms with Gasteiger partial charge in [0.25, 0.3) is 5.91 Å². The van der Waals surface area contributed by atoms with E-state index in [0.29, 0.717) is 43.4 Å². The lowest BCUT2D eigenvalue weighted by Gasteiger charge is -2.32. The largest absolute Gasteiger partial charge is 0.353 e. The van der Waals surface area contributed by atoms with E-state index in [9.17, 15) is 14.4 Å². The Morgan fingerprint density at radius 1 is 1.00 bits per heavy atom. The van der Waals surface area contributed by atoms with Crippen LogP contribution in [0.4, 0.5) is 0 Å². The van der Waals surface area contributed by atoms with E-state index in [4.69, 9.17) is 0 Å². The summed E-state index contributed by atoms with van der Waals surface area (Å²) in [6.45, 7) is 1.12. The van der Waals surface area contributed by atoms with Crippen molar-refractivity contribution in [2.75, 3.05) is 13.1 Å². The van der Waals surface area contributed by atoms with Gasteiger partial charge in [0, 0.05) is 42.5 Å². The van der Waals surface area contributed by atoms with Gasteiger partial charge in [0.2, 0.25) is 11.5 Å². The predicted molar refractivity (Wildman–Crippen MR) is 116 cm³/mol. The van der Waals surface area contributed by atoms with Crippen LogP contribution in [0.15, 0.2) is 65.5 Å². The molecule has 1 saturated heterocycles. The van der Waals surface area contributed by atoms with Crippen LogP contribution in [0.1, 0.15) is 35.2 Å². The van der Waals surface area contributed by atoms with Gasteiger partial charge >= 0.3 is 0 Å². The highest BCUT2D eigenvalue weighted by Gasteiger charge is 2.25. The molecule has 4 rings (SSSR count). The van der Waals surface area contributed by atoms with Crippen molar-refractivity contribution in [1.82, 2.24) is 15.2 Å². The number of carbonyl (C=O) groups excluding carboxylic acids is 2. The van der Waals surface area contributed by atoms with Gasteiger partial charge in [-0.05, 0) is 30.9 Å². The number of hydrogen-bond donors (Lipinski definition) is 2. The van der Waals surface area contributed by atoms with Gasteiger partial charge in [-0.15, -0.1) is 0 Å². The maximum absolute atomic E-state index is 13.0. The minimum atomic E-state index is -0.280. The maximum atomic E-state index is 13.0. The molecule has 0 atom stereocenters. The van der Waals surface area contributed by atoms with Crippen molar-refractivity contribution < 1.29 is 9.59 Å². The van der Waals surface area contributed by atoms with E-state index >= 15 is 0 Å². The number of carbonyl (C=O) groups is 2. The molecule has 3 aromatic rings. The number of nitrogens with one attached hydrogen (secondary N) is 2. The highest BCUT2D eigenvalue weighted by atomic mass is 16.2. The number of aromatic nitrogens is 1. The molecule has 6 heteroatoms. The van der Waals surface area contributed by atoms with E-state index in [1.165, 1.54) is 6.07 Å². The SMILES string of the molecule is O=C(CCc1ccccc1)NC1CCN(C(=O)c2cc(=O)[nH]c3ccccc23)CC1. The van der Waals surface area contributed by atoms with Crippen molar-refractivity contribution in [2.45, 2.75) is 31.7 Å². The van der Waals surface area contributed by atoms with Crippen molar-refractivity contribution >= 4 is 22.7 Å². The quantitative estimate of drug-likeness (QED) is 0.687. The Morgan fingerprint density at radius 2 is 1.70 bits per heavy atom. The molecule has 0 radical (unpaired) electrons. The summed E-state index contributed by atoms with van der Waals surface area (Å²) in [4.78, 5) is 41.8. The molecule has 2 heterocycles. The summed E-state index contributed by atoms with van der Waals surface area (Å²) in [6.07, 6.45) is 2.61. The molecular formula is C24H25N3O3. The number of pyridine rings is 1. The number of H-pyrrole nitrogens is 1. The van der Waals surface area contributed by atoms with Gasteiger partial charge in [-0.2, -0.15) is 0 Å². The first-order valence-corrected chi connectivity index (χ1v) is 10.3. The number of piperidine rings is 1. The number of nitrogens with zero attached hydrogens (tertiary/aromatic N) is 1. The molecule has 0 bridgehead atoms. The van der Waals surface area contributed by atoms with Crippen LogP contribution in [-0.2, 0) is 11.2 Å². The number of aryl methyl sites for hydroxylation is 1. The van der Waals surface area contributed by atoms with Crippen LogP contribution in [0.5, 0.6) is 0 Å². The van der Waals surface area contributed by atoms with Crippen molar-refractivity contribution in [3.8, 4) is 0 Å². The van der Waals surface area contributed by atoms with Gasteiger partial charge in [-0.25, -0.2) is 0 Å². The first kappa shape index (κ1) is 19.9. The molecule has 30 heavy (non-hydrogen) atoms. The number of fused-ring (bicyclic) bond motifs is 1. The molecule has 154 valence electrons. The topological polar surface area (TPSA) is 82.3 Å². The molecule has 0 aliphatic carbocycles. The molecule has 0 spiro atoms. The minimum absolute atomic E-state index is 0.0456. The molecule has 1 aliphatic heterocycles. The zero-order valence-electron chi connectivity index (χ0n) is 16.8. The highest BCUT2D eigenvalue weighted by Crippen LogP contribution is 2.19. The van der Waals surface area contributed by atoms with Crippen molar-refractivity contribution in [2.24, 2.45) is 0 Å². The Kier molecular flexibility index (Phi) is 5.93. The second kappa shape index (κ2) is 8.95. The Bertz CT molecular complexity index is 1100.